The summed E-state index contributed by atoms with van der Waals surface area (Å²) in [4.78, 5) is 28.3. The Morgan fingerprint density at radius 3 is 3.04 bits per heavy atom. The van der Waals surface area contributed by atoms with Gasteiger partial charge in [-0.15, -0.1) is 0 Å². The predicted molar refractivity (Wildman–Crippen MR) is 90.4 cm³/mol. The van der Waals surface area contributed by atoms with Gasteiger partial charge in [0.05, 0.1) is 36.4 Å². The number of halogens is 2. The van der Waals surface area contributed by atoms with Gasteiger partial charge in [0.2, 0.25) is 0 Å². The Balaban J connectivity index is 1.76. The third-order valence-electron chi connectivity index (χ3n) is 3.75. The maximum atomic E-state index is 12.3. The van der Waals surface area contributed by atoms with Crippen LogP contribution in [0.15, 0.2) is 24.7 Å². The molecule has 1 fully saturated rings. The number of aromatic nitrogens is 4. The summed E-state index contributed by atoms with van der Waals surface area (Å²) in [5.74, 6) is 0.981. The number of ether oxygens (including phenoxy) is 1. The molecular weight excluding hydrogens is 346 g/mol. The van der Waals surface area contributed by atoms with Crippen molar-refractivity contribution in [1.82, 2.24) is 19.9 Å². The van der Waals surface area contributed by atoms with Crippen molar-refractivity contribution in [2.75, 3.05) is 24.6 Å². The summed E-state index contributed by atoms with van der Waals surface area (Å²) in [6, 6.07) is 1.75. The van der Waals surface area contributed by atoms with E-state index in [-0.39, 0.29) is 0 Å². The summed E-state index contributed by atoms with van der Waals surface area (Å²) in [6.07, 6.45) is 2.66. The van der Waals surface area contributed by atoms with Crippen molar-refractivity contribution in [3.63, 3.8) is 0 Å². The van der Waals surface area contributed by atoms with E-state index in [1.807, 2.05) is 4.90 Å². The predicted octanol–water partition coefficient (Wildman–Crippen LogP) is 1.57. The summed E-state index contributed by atoms with van der Waals surface area (Å²) >= 11 is 0. The lowest BCUT2D eigenvalue weighted by molar-refractivity contribution is -0.118. The van der Waals surface area contributed by atoms with Crippen molar-refractivity contribution in [3.05, 3.63) is 30.5 Å². The average molecular weight is 362 g/mol. The lowest BCUT2D eigenvalue weighted by atomic mass is 10.2. The van der Waals surface area contributed by atoms with Gasteiger partial charge in [-0.3, -0.25) is 5.41 Å². The van der Waals surface area contributed by atoms with Gasteiger partial charge >= 0.3 is 0 Å². The van der Waals surface area contributed by atoms with Crippen molar-refractivity contribution in [3.8, 4) is 11.4 Å². The van der Waals surface area contributed by atoms with Gasteiger partial charge in [-0.05, 0) is 12.2 Å². The summed E-state index contributed by atoms with van der Waals surface area (Å²) in [5.41, 5.74) is 0.363. The Kier molecular flexibility index (Phi) is 5.42. The fraction of sp³-hybridized carbons (Fsp3) is 0.312. The van der Waals surface area contributed by atoms with Crippen molar-refractivity contribution >= 4 is 23.9 Å². The monoisotopic (exact) mass is 362 g/mol. The first-order valence-corrected chi connectivity index (χ1v) is 7.80. The van der Waals surface area contributed by atoms with Gasteiger partial charge in [0, 0.05) is 12.6 Å². The molecule has 0 amide bonds. The smallest absolute Gasteiger partial charge is 0.279 e. The van der Waals surface area contributed by atoms with Crippen molar-refractivity contribution in [2.24, 2.45) is 0 Å². The molecule has 0 saturated carbocycles. The molecule has 1 saturated heterocycles. The van der Waals surface area contributed by atoms with Crippen molar-refractivity contribution in [1.29, 1.82) is 5.41 Å². The van der Waals surface area contributed by atoms with Gasteiger partial charge in [-0.2, -0.15) is 0 Å². The number of allylic oxidation sites excluding steroid dienone is 1. The molecule has 0 radical (unpaired) electrons. The molecule has 3 heterocycles. The molecule has 0 bridgehead atoms. The van der Waals surface area contributed by atoms with Crippen molar-refractivity contribution in [2.45, 2.75) is 12.5 Å². The second kappa shape index (κ2) is 7.91. The van der Waals surface area contributed by atoms with Crippen LogP contribution in [0.1, 0.15) is 5.82 Å². The van der Waals surface area contributed by atoms with Crippen molar-refractivity contribution < 1.29 is 18.3 Å². The van der Waals surface area contributed by atoms with E-state index in [9.17, 15) is 13.6 Å². The molecular formula is C16H16F2N6O2. The average Bonchev–Trinajstić information content (AvgIpc) is 3.15. The number of morpholine rings is 1. The van der Waals surface area contributed by atoms with E-state index >= 15 is 0 Å². The number of alkyl halides is 2. The van der Waals surface area contributed by atoms with Gasteiger partial charge in [0.25, 0.3) is 6.43 Å². The van der Waals surface area contributed by atoms with E-state index in [4.69, 9.17) is 10.1 Å². The molecule has 0 aliphatic carbocycles. The van der Waals surface area contributed by atoms with E-state index in [1.165, 1.54) is 18.6 Å². The zero-order valence-electron chi connectivity index (χ0n) is 13.6. The Labute approximate surface area is 147 Å². The van der Waals surface area contributed by atoms with Crippen LogP contribution in [0.5, 0.6) is 0 Å². The number of nitrogens with zero attached hydrogens (tertiary/aromatic N) is 4. The molecule has 1 atom stereocenters. The standard InChI is InChI=1S/C16H16F2N6O2/c17-16(18)11(19)1-2-14-20-6-13(23-14)12-5-15(22-9-21-12)24-3-4-26-10(7-24)8-25/h1-2,5-6,8-10,16,19H,3-4,7H2,(H,20,23)/b2-1-,19-11?. The molecule has 26 heavy (non-hydrogen) atoms. The molecule has 3 rings (SSSR count). The van der Waals surface area contributed by atoms with Gasteiger partial charge in [-0.25, -0.2) is 23.7 Å². The molecule has 1 aliphatic rings. The number of aldehydes is 1. The maximum Gasteiger partial charge on any atom is 0.279 e. The molecule has 10 heteroatoms. The van der Waals surface area contributed by atoms with Crippen LogP contribution in [0, 0.1) is 5.41 Å². The largest absolute Gasteiger partial charge is 0.367 e. The summed E-state index contributed by atoms with van der Waals surface area (Å²) < 4.78 is 29.9. The van der Waals surface area contributed by atoms with Crippen LogP contribution >= 0.6 is 0 Å². The first-order chi connectivity index (χ1) is 12.6. The summed E-state index contributed by atoms with van der Waals surface area (Å²) in [7, 11) is 0. The van der Waals surface area contributed by atoms with Crippen LogP contribution in [0.25, 0.3) is 17.5 Å². The first-order valence-electron chi connectivity index (χ1n) is 7.80. The normalized spacial score (nSPS) is 17.8. The molecule has 1 unspecified atom stereocenters. The molecule has 2 aromatic heterocycles. The first kappa shape index (κ1) is 17.8. The number of aromatic amines is 1. The number of rotatable bonds is 6. The number of imidazole rings is 1. The van der Waals surface area contributed by atoms with Crippen LogP contribution in [0.4, 0.5) is 14.6 Å². The van der Waals surface area contributed by atoms with E-state index in [1.54, 1.807) is 6.07 Å². The molecule has 2 aromatic rings. The minimum atomic E-state index is -2.83. The van der Waals surface area contributed by atoms with E-state index in [0.29, 0.717) is 42.7 Å². The van der Waals surface area contributed by atoms with Crippen LogP contribution in [-0.2, 0) is 9.53 Å². The SMILES string of the molecule is N=C(/C=C\c1ncc(-c2cc(N3CCOC(C=O)C3)ncn2)[nH]1)C(F)F. The molecule has 2 N–H and O–H groups in total. The fourth-order valence-electron chi connectivity index (χ4n) is 2.43. The number of hydrogen-bond donors (Lipinski definition) is 2. The molecule has 0 aromatic carbocycles. The van der Waals surface area contributed by atoms with Gasteiger partial charge < -0.3 is 19.4 Å². The molecule has 136 valence electrons. The lowest BCUT2D eigenvalue weighted by Crippen LogP contribution is -2.43. The quantitative estimate of drug-likeness (QED) is 0.597. The highest BCUT2D eigenvalue weighted by atomic mass is 19.3. The Morgan fingerprint density at radius 1 is 1.42 bits per heavy atom. The number of H-pyrrole nitrogens is 1. The minimum Gasteiger partial charge on any atom is -0.367 e. The Morgan fingerprint density at radius 2 is 2.27 bits per heavy atom. The zero-order valence-corrected chi connectivity index (χ0v) is 13.6. The summed E-state index contributed by atoms with van der Waals surface area (Å²) in [6.45, 7) is 1.44. The topological polar surface area (TPSA) is 108 Å². The van der Waals surface area contributed by atoms with Crippen LogP contribution in [0.2, 0.25) is 0 Å². The number of anilines is 1. The Bertz CT molecular complexity index is 823. The fourth-order valence-corrected chi connectivity index (χ4v) is 2.43. The lowest BCUT2D eigenvalue weighted by Gasteiger charge is -2.31. The Hall–Kier alpha value is -3.01. The van der Waals surface area contributed by atoms with E-state index in [0.717, 1.165) is 12.4 Å². The number of carbonyl (C=O) groups excluding carboxylic acids is 1. The summed E-state index contributed by atoms with van der Waals surface area (Å²) in [5, 5.41) is 7.10. The second-order valence-electron chi connectivity index (χ2n) is 5.52. The third kappa shape index (κ3) is 4.14. The highest BCUT2D eigenvalue weighted by molar-refractivity contribution is 5.97. The maximum absolute atomic E-state index is 12.3. The molecule has 0 spiro atoms. The third-order valence-corrected chi connectivity index (χ3v) is 3.75. The number of nitrogens with one attached hydrogen (secondary N) is 2. The minimum absolute atomic E-state index is 0.331. The second-order valence-corrected chi connectivity index (χ2v) is 5.52. The van der Waals surface area contributed by atoms with E-state index < -0.39 is 18.2 Å². The van der Waals surface area contributed by atoms with Gasteiger partial charge in [0.1, 0.15) is 24.1 Å². The number of carbonyl (C=O) groups is 1. The van der Waals surface area contributed by atoms with E-state index in [2.05, 4.69) is 19.9 Å². The molecule has 8 nitrogen and oxygen atoms in total. The highest BCUT2D eigenvalue weighted by Crippen LogP contribution is 2.21. The number of hydrogen-bond acceptors (Lipinski definition) is 7. The van der Waals surface area contributed by atoms with Crippen LogP contribution in [0.3, 0.4) is 0 Å². The highest BCUT2D eigenvalue weighted by Gasteiger charge is 2.21. The van der Waals surface area contributed by atoms with Gasteiger partial charge in [0.15, 0.2) is 6.29 Å². The zero-order chi connectivity index (χ0) is 18.5. The van der Waals surface area contributed by atoms with Crippen LogP contribution < -0.4 is 4.90 Å². The molecule has 1 aliphatic heterocycles. The van der Waals surface area contributed by atoms with Crippen LogP contribution in [-0.4, -0.2) is 64.2 Å². The van der Waals surface area contributed by atoms with Gasteiger partial charge in [-0.1, -0.05) is 0 Å².